The number of nitrogens with zero attached hydrogens (tertiary/aromatic N) is 3. The van der Waals surface area contributed by atoms with Crippen LogP contribution in [-0.2, 0) is 0 Å². The van der Waals surface area contributed by atoms with Crippen LogP contribution in [0, 0.1) is 0 Å². The number of hydrogen-bond acceptors (Lipinski definition) is 5. The molecule has 11 rings (SSSR count). The van der Waals surface area contributed by atoms with Gasteiger partial charge in [-0.3, -0.25) is 0 Å². The zero-order valence-corrected chi connectivity index (χ0v) is 30.2. The van der Waals surface area contributed by atoms with Crippen LogP contribution in [-0.4, -0.2) is 4.98 Å². The number of anilines is 6. The number of fused-ring (bicyclic) bond motifs is 7. The minimum atomic E-state index is 0.589. The van der Waals surface area contributed by atoms with E-state index >= 15 is 0 Å². The van der Waals surface area contributed by atoms with Crippen molar-refractivity contribution in [2.75, 3.05) is 9.80 Å². The summed E-state index contributed by atoms with van der Waals surface area (Å²) in [6, 6.07) is 69.9. The Morgan fingerprint density at radius 3 is 1.79 bits per heavy atom. The van der Waals surface area contributed by atoms with Crippen molar-refractivity contribution in [3.8, 4) is 11.5 Å². The zero-order valence-electron chi connectivity index (χ0n) is 30.2. The highest BCUT2D eigenvalue weighted by molar-refractivity contribution is 6.14. The lowest BCUT2D eigenvalue weighted by atomic mass is 10.0. The molecule has 11 aromatic rings. The predicted molar refractivity (Wildman–Crippen MR) is 231 cm³/mol. The highest BCUT2D eigenvalue weighted by atomic mass is 16.3. The molecule has 0 radical (unpaired) electrons. The van der Waals surface area contributed by atoms with Crippen molar-refractivity contribution in [2.24, 2.45) is 0 Å². The molecule has 0 saturated heterocycles. The molecule has 0 spiro atoms. The van der Waals surface area contributed by atoms with Gasteiger partial charge in [-0.05, 0) is 107 Å². The fourth-order valence-electron chi connectivity index (χ4n) is 8.01. The molecule has 2 heterocycles. The summed E-state index contributed by atoms with van der Waals surface area (Å²) in [5.41, 5.74) is 10.3. The van der Waals surface area contributed by atoms with Crippen molar-refractivity contribution in [1.82, 2.24) is 4.98 Å². The average Bonchev–Trinajstić information content (AvgIpc) is 3.87. The van der Waals surface area contributed by atoms with E-state index in [-0.39, 0.29) is 0 Å². The SMILES string of the molecule is c1ccc(-c2nc3ccc4cc(N(c5ccccc5)c5ccc6oc7ccccc7c6c5)cc(N(c5ccccc5)c5ccc6ccccc6c5)c4c3o2)cc1. The van der Waals surface area contributed by atoms with Crippen LogP contribution in [0.25, 0.3) is 66.0 Å². The lowest BCUT2D eigenvalue weighted by Gasteiger charge is -2.31. The largest absolute Gasteiger partial charge is 0.456 e. The van der Waals surface area contributed by atoms with E-state index in [0.717, 1.165) is 88.9 Å². The van der Waals surface area contributed by atoms with Gasteiger partial charge in [-0.1, -0.05) is 109 Å². The second kappa shape index (κ2) is 13.0. The first-order valence-corrected chi connectivity index (χ1v) is 18.8. The number of benzene rings is 9. The maximum absolute atomic E-state index is 6.79. The Morgan fingerprint density at radius 1 is 0.375 bits per heavy atom. The van der Waals surface area contributed by atoms with Crippen LogP contribution in [0.5, 0.6) is 0 Å². The molecule has 0 bridgehead atoms. The molecule has 0 fully saturated rings. The highest BCUT2D eigenvalue weighted by Gasteiger charge is 2.24. The van der Waals surface area contributed by atoms with Crippen LogP contribution < -0.4 is 9.80 Å². The summed E-state index contributed by atoms with van der Waals surface area (Å²) < 4.78 is 13.1. The summed E-state index contributed by atoms with van der Waals surface area (Å²) in [7, 11) is 0. The van der Waals surface area contributed by atoms with Crippen LogP contribution in [0.2, 0.25) is 0 Å². The average molecular weight is 720 g/mol. The van der Waals surface area contributed by atoms with E-state index in [2.05, 4.69) is 168 Å². The summed E-state index contributed by atoms with van der Waals surface area (Å²) in [6.45, 7) is 0. The zero-order chi connectivity index (χ0) is 37.0. The van der Waals surface area contributed by atoms with Gasteiger partial charge >= 0.3 is 0 Å². The molecule has 56 heavy (non-hydrogen) atoms. The fourth-order valence-corrected chi connectivity index (χ4v) is 8.01. The van der Waals surface area contributed by atoms with E-state index in [1.54, 1.807) is 0 Å². The first kappa shape index (κ1) is 31.9. The van der Waals surface area contributed by atoms with Gasteiger partial charge in [0.2, 0.25) is 5.89 Å². The summed E-state index contributed by atoms with van der Waals surface area (Å²) in [5, 5.41) is 6.50. The third-order valence-electron chi connectivity index (χ3n) is 10.6. The third kappa shape index (κ3) is 5.37. The summed E-state index contributed by atoms with van der Waals surface area (Å²) in [4.78, 5) is 9.69. The number of para-hydroxylation sites is 3. The van der Waals surface area contributed by atoms with Gasteiger partial charge in [0, 0.05) is 44.8 Å². The predicted octanol–water partition coefficient (Wildman–Crippen LogP) is 14.6. The first-order chi connectivity index (χ1) is 27.7. The Bertz CT molecular complexity index is 3210. The third-order valence-corrected chi connectivity index (χ3v) is 10.6. The van der Waals surface area contributed by atoms with Gasteiger partial charge in [-0.2, -0.15) is 0 Å². The lowest BCUT2D eigenvalue weighted by Crippen LogP contribution is -2.14. The molecule has 0 N–H and O–H groups in total. The van der Waals surface area contributed by atoms with Gasteiger partial charge in [-0.25, -0.2) is 4.98 Å². The smallest absolute Gasteiger partial charge is 0.227 e. The minimum Gasteiger partial charge on any atom is -0.456 e. The molecule has 0 atom stereocenters. The maximum Gasteiger partial charge on any atom is 0.227 e. The molecule has 0 amide bonds. The van der Waals surface area contributed by atoms with E-state index < -0.39 is 0 Å². The standard InChI is InChI=1S/C51H33N3O2/c1-4-15-35(16-5-1)51-52-45-28-25-37-31-42(53(38-18-6-2-7-19-38)41-27-29-48-44(32-41)43-22-12-13-23-47(43)55-48)33-46(49(37)50(45)56-51)54(39-20-8-3-9-21-39)40-26-24-34-14-10-11-17-36(34)30-40/h1-33H. The molecule has 0 aliphatic rings. The Balaban J connectivity index is 1.22. The Kier molecular flexibility index (Phi) is 7.42. The second-order valence-electron chi connectivity index (χ2n) is 14.0. The molecule has 264 valence electrons. The number of hydrogen-bond donors (Lipinski definition) is 0. The van der Waals surface area contributed by atoms with E-state index in [9.17, 15) is 0 Å². The summed E-state index contributed by atoms with van der Waals surface area (Å²) in [5.74, 6) is 0.589. The van der Waals surface area contributed by atoms with Gasteiger partial charge in [0.25, 0.3) is 0 Å². The minimum absolute atomic E-state index is 0.589. The first-order valence-electron chi connectivity index (χ1n) is 18.8. The molecule has 5 nitrogen and oxygen atoms in total. The Labute approximate surface area is 322 Å². The maximum atomic E-state index is 6.79. The summed E-state index contributed by atoms with van der Waals surface area (Å²) >= 11 is 0. The number of oxazole rings is 1. The normalized spacial score (nSPS) is 11.6. The molecule has 9 aromatic carbocycles. The molecule has 0 aliphatic carbocycles. The molecule has 0 aliphatic heterocycles. The second-order valence-corrected chi connectivity index (χ2v) is 14.0. The van der Waals surface area contributed by atoms with Gasteiger partial charge in [0.05, 0.1) is 11.1 Å². The van der Waals surface area contributed by atoms with Crippen LogP contribution >= 0.6 is 0 Å². The molecule has 0 unspecified atom stereocenters. The van der Waals surface area contributed by atoms with Crippen molar-refractivity contribution < 1.29 is 8.83 Å². The topological polar surface area (TPSA) is 45.7 Å². The molecule has 0 saturated carbocycles. The van der Waals surface area contributed by atoms with Gasteiger partial charge in [-0.15, -0.1) is 0 Å². The number of rotatable bonds is 7. The number of aromatic nitrogens is 1. The number of furan rings is 1. The van der Waals surface area contributed by atoms with Crippen molar-refractivity contribution in [1.29, 1.82) is 0 Å². The molecule has 2 aromatic heterocycles. The molecular formula is C51H33N3O2. The van der Waals surface area contributed by atoms with Crippen LogP contribution in [0.3, 0.4) is 0 Å². The van der Waals surface area contributed by atoms with Crippen LogP contribution in [0.1, 0.15) is 0 Å². The van der Waals surface area contributed by atoms with Crippen LogP contribution in [0.4, 0.5) is 34.1 Å². The van der Waals surface area contributed by atoms with Gasteiger partial charge < -0.3 is 18.6 Å². The van der Waals surface area contributed by atoms with Crippen molar-refractivity contribution in [3.05, 3.63) is 200 Å². The van der Waals surface area contributed by atoms with Gasteiger partial charge in [0.1, 0.15) is 16.7 Å². The quantitative estimate of drug-likeness (QED) is 0.164. The Hall–Kier alpha value is -7.63. The van der Waals surface area contributed by atoms with Gasteiger partial charge in [0.15, 0.2) is 5.58 Å². The van der Waals surface area contributed by atoms with Crippen molar-refractivity contribution in [3.63, 3.8) is 0 Å². The van der Waals surface area contributed by atoms with E-state index in [0.29, 0.717) is 5.89 Å². The van der Waals surface area contributed by atoms with E-state index in [4.69, 9.17) is 13.8 Å². The lowest BCUT2D eigenvalue weighted by molar-refractivity contribution is 0.623. The van der Waals surface area contributed by atoms with Crippen molar-refractivity contribution >= 4 is 88.7 Å². The van der Waals surface area contributed by atoms with Crippen molar-refractivity contribution in [2.45, 2.75) is 0 Å². The summed E-state index contributed by atoms with van der Waals surface area (Å²) in [6.07, 6.45) is 0. The molecular weight excluding hydrogens is 687 g/mol. The van der Waals surface area contributed by atoms with E-state index in [1.807, 2.05) is 42.5 Å². The Morgan fingerprint density at radius 2 is 0.982 bits per heavy atom. The van der Waals surface area contributed by atoms with E-state index in [1.165, 1.54) is 5.39 Å². The highest BCUT2D eigenvalue weighted by Crippen LogP contribution is 2.48. The fraction of sp³-hybridized carbons (Fsp3) is 0. The molecule has 5 heteroatoms. The van der Waals surface area contributed by atoms with Crippen LogP contribution in [0.15, 0.2) is 209 Å². The monoisotopic (exact) mass is 719 g/mol.